The zero-order valence-corrected chi connectivity index (χ0v) is 12.9. The van der Waals surface area contributed by atoms with Crippen LogP contribution in [0.15, 0.2) is 12.5 Å². The van der Waals surface area contributed by atoms with Crippen LogP contribution >= 0.6 is 11.3 Å². The summed E-state index contributed by atoms with van der Waals surface area (Å²) < 4.78 is 7.78. The van der Waals surface area contributed by atoms with E-state index < -0.39 is 0 Å². The van der Waals surface area contributed by atoms with Gasteiger partial charge in [0, 0.05) is 43.7 Å². The number of thiazole rings is 1. The first-order valence-corrected chi connectivity index (χ1v) is 8.23. The van der Waals surface area contributed by atoms with Gasteiger partial charge in [0.25, 0.3) is 0 Å². The van der Waals surface area contributed by atoms with Crippen LogP contribution in [0.4, 0.5) is 0 Å². The van der Waals surface area contributed by atoms with Gasteiger partial charge in [0.1, 0.15) is 12.4 Å². The van der Waals surface area contributed by atoms with E-state index in [-0.39, 0.29) is 6.10 Å². The molecule has 0 amide bonds. The molecule has 6 nitrogen and oxygen atoms in total. The number of morpholine rings is 1. The van der Waals surface area contributed by atoms with Crippen molar-refractivity contribution in [2.24, 2.45) is 7.05 Å². The second kappa shape index (κ2) is 5.47. The van der Waals surface area contributed by atoms with Crippen LogP contribution < -0.4 is 0 Å². The largest absolute Gasteiger partial charge is 0.368 e. The molecule has 2 aromatic heterocycles. The topological polar surface area (TPSA) is 56.1 Å². The van der Waals surface area contributed by atoms with Gasteiger partial charge in [-0.3, -0.25) is 4.90 Å². The van der Waals surface area contributed by atoms with E-state index in [4.69, 9.17) is 4.74 Å². The van der Waals surface area contributed by atoms with Gasteiger partial charge in [0.05, 0.1) is 11.6 Å². The fourth-order valence-corrected chi connectivity index (χ4v) is 3.85. The average Bonchev–Trinajstić information content (AvgIpc) is 3.09. The molecule has 1 atom stereocenters. The maximum Gasteiger partial charge on any atom is 0.163 e. The Bertz CT molecular complexity index is 620. The quantitative estimate of drug-likeness (QED) is 0.861. The number of aryl methyl sites for hydroxylation is 1. The van der Waals surface area contributed by atoms with Gasteiger partial charge in [-0.1, -0.05) is 0 Å². The predicted octanol–water partition coefficient (Wildman–Crippen LogP) is 1.72. The second-order valence-electron chi connectivity index (χ2n) is 5.83. The number of aromatic nitrogens is 4. The monoisotopic (exact) mass is 305 g/mol. The Kier molecular flexibility index (Phi) is 3.48. The standard InChI is InChI=1S/C14H19N5OS/c1-18-9-16-17-13(18)12-8-19(4-5-20-12)7-11-6-15-14(21-11)10-2-3-10/h6,9-10,12H,2-5,7-8H2,1H3/t12-/m0/s1. The van der Waals surface area contributed by atoms with Crippen LogP contribution in [0.5, 0.6) is 0 Å². The maximum absolute atomic E-state index is 5.85. The van der Waals surface area contributed by atoms with Crippen molar-refractivity contribution in [3.63, 3.8) is 0 Å². The Morgan fingerprint density at radius 1 is 1.43 bits per heavy atom. The molecule has 21 heavy (non-hydrogen) atoms. The van der Waals surface area contributed by atoms with Crippen LogP contribution in [0.3, 0.4) is 0 Å². The van der Waals surface area contributed by atoms with Crippen LogP contribution in [0.25, 0.3) is 0 Å². The van der Waals surface area contributed by atoms with E-state index in [0.29, 0.717) is 0 Å². The van der Waals surface area contributed by atoms with Gasteiger partial charge in [0.15, 0.2) is 5.82 Å². The smallest absolute Gasteiger partial charge is 0.163 e. The Hall–Kier alpha value is -1.31. The fourth-order valence-electron chi connectivity index (χ4n) is 2.72. The first-order valence-electron chi connectivity index (χ1n) is 7.42. The molecule has 0 bridgehead atoms. The molecule has 112 valence electrons. The minimum Gasteiger partial charge on any atom is -0.368 e. The molecule has 2 aromatic rings. The summed E-state index contributed by atoms with van der Waals surface area (Å²) in [7, 11) is 1.96. The molecule has 1 aliphatic heterocycles. The van der Waals surface area contributed by atoms with Gasteiger partial charge in [-0.05, 0) is 12.8 Å². The number of hydrogen-bond acceptors (Lipinski definition) is 6. The van der Waals surface area contributed by atoms with E-state index in [1.54, 1.807) is 6.33 Å². The highest BCUT2D eigenvalue weighted by Crippen LogP contribution is 2.41. The summed E-state index contributed by atoms with van der Waals surface area (Å²) in [5.74, 6) is 1.66. The van der Waals surface area contributed by atoms with E-state index in [9.17, 15) is 0 Å². The molecule has 1 aliphatic carbocycles. The van der Waals surface area contributed by atoms with E-state index in [1.807, 2.05) is 29.1 Å². The van der Waals surface area contributed by atoms with Crippen molar-refractivity contribution in [3.05, 3.63) is 28.2 Å². The van der Waals surface area contributed by atoms with Crippen molar-refractivity contribution in [1.29, 1.82) is 0 Å². The SMILES string of the molecule is Cn1cnnc1[C@@H]1CN(Cc2cnc(C3CC3)s2)CCO1. The zero-order valence-electron chi connectivity index (χ0n) is 12.1. The van der Waals surface area contributed by atoms with E-state index in [1.165, 1.54) is 22.7 Å². The molecule has 0 radical (unpaired) electrons. The Balaban J connectivity index is 1.41. The summed E-state index contributed by atoms with van der Waals surface area (Å²) in [5.41, 5.74) is 0. The number of ether oxygens (including phenoxy) is 1. The molecular weight excluding hydrogens is 286 g/mol. The maximum atomic E-state index is 5.85. The molecule has 2 fully saturated rings. The molecule has 4 rings (SSSR count). The van der Waals surface area contributed by atoms with E-state index >= 15 is 0 Å². The molecule has 2 aliphatic rings. The van der Waals surface area contributed by atoms with E-state index in [2.05, 4.69) is 20.1 Å². The molecular formula is C14H19N5OS. The highest BCUT2D eigenvalue weighted by atomic mass is 32.1. The molecule has 1 saturated carbocycles. The van der Waals surface area contributed by atoms with Crippen molar-refractivity contribution in [1.82, 2.24) is 24.6 Å². The molecule has 0 N–H and O–H groups in total. The Morgan fingerprint density at radius 2 is 2.33 bits per heavy atom. The minimum atomic E-state index is 0.0158. The highest BCUT2D eigenvalue weighted by molar-refractivity contribution is 7.11. The van der Waals surface area contributed by atoms with Crippen LogP contribution in [0.2, 0.25) is 0 Å². The summed E-state index contributed by atoms with van der Waals surface area (Å²) in [6, 6.07) is 0. The lowest BCUT2D eigenvalue weighted by atomic mass is 10.2. The molecule has 7 heteroatoms. The van der Waals surface area contributed by atoms with Gasteiger partial charge in [-0.15, -0.1) is 21.5 Å². The van der Waals surface area contributed by atoms with Crippen molar-refractivity contribution < 1.29 is 4.74 Å². The lowest BCUT2D eigenvalue weighted by Gasteiger charge is -2.31. The number of hydrogen-bond donors (Lipinski definition) is 0. The van der Waals surface area contributed by atoms with Gasteiger partial charge in [-0.25, -0.2) is 4.98 Å². The third kappa shape index (κ3) is 2.86. The molecule has 1 saturated heterocycles. The van der Waals surface area contributed by atoms with Crippen LogP contribution in [0, 0.1) is 0 Å². The first-order chi connectivity index (χ1) is 10.3. The third-order valence-corrected chi connectivity index (χ3v) is 5.21. The zero-order chi connectivity index (χ0) is 14.2. The van der Waals surface area contributed by atoms with E-state index in [0.717, 1.165) is 38.0 Å². The van der Waals surface area contributed by atoms with Gasteiger partial charge >= 0.3 is 0 Å². The van der Waals surface area contributed by atoms with Crippen LogP contribution in [-0.2, 0) is 18.3 Å². The van der Waals surface area contributed by atoms with Crippen molar-refractivity contribution >= 4 is 11.3 Å². The summed E-state index contributed by atoms with van der Waals surface area (Å²) in [5, 5.41) is 9.43. The average molecular weight is 305 g/mol. The summed E-state index contributed by atoms with van der Waals surface area (Å²) in [6.45, 7) is 3.53. The Labute approximate surface area is 127 Å². The van der Waals surface area contributed by atoms with Crippen molar-refractivity contribution in [2.45, 2.75) is 31.4 Å². The third-order valence-electron chi connectivity index (χ3n) is 4.06. The summed E-state index contributed by atoms with van der Waals surface area (Å²) in [6.07, 6.45) is 6.42. The molecule has 3 heterocycles. The van der Waals surface area contributed by atoms with Crippen molar-refractivity contribution in [2.75, 3.05) is 19.7 Å². The fraction of sp³-hybridized carbons (Fsp3) is 0.643. The Morgan fingerprint density at radius 3 is 3.10 bits per heavy atom. The summed E-state index contributed by atoms with van der Waals surface area (Å²) >= 11 is 1.87. The lowest BCUT2D eigenvalue weighted by Crippen LogP contribution is -2.38. The lowest BCUT2D eigenvalue weighted by molar-refractivity contribution is -0.0382. The van der Waals surface area contributed by atoms with Gasteiger partial charge < -0.3 is 9.30 Å². The number of rotatable bonds is 4. The van der Waals surface area contributed by atoms with Crippen molar-refractivity contribution in [3.8, 4) is 0 Å². The van der Waals surface area contributed by atoms with Crippen LogP contribution in [0.1, 0.15) is 40.6 Å². The molecule has 0 unspecified atom stereocenters. The highest BCUT2D eigenvalue weighted by Gasteiger charge is 2.28. The van der Waals surface area contributed by atoms with Crippen LogP contribution in [-0.4, -0.2) is 44.3 Å². The molecule has 0 spiro atoms. The number of nitrogens with zero attached hydrogens (tertiary/aromatic N) is 5. The van der Waals surface area contributed by atoms with Gasteiger partial charge in [0.2, 0.25) is 0 Å². The minimum absolute atomic E-state index is 0.0158. The second-order valence-corrected chi connectivity index (χ2v) is 6.98. The molecule has 0 aromatic carbocycles. The summed E-state index contributed by atoms with van der Waals surface area (Å²) in [4.78, 5) is 8.34. The predicted molar refractivity (Wildman–Crippen MR) is 79.1 cm³/mol. The normalized spacial score (nSPS) is 23.6. The van der Waals surface area contributed by atoms with Gasteiger partial charge in [-0.2, -0.15) is 0 Å². The first kappa shape index (κ1) is 13.4.